The van der Waals surface area contributed by atoms with Crippen LogP contribution in [0.3, 0.4) is 0 Å². The Morgan fingerprint density at radius 3 is 2.75 bits per heavy atom. The molecule has 1 fully saturated rings. The summed E-state index contributed by atoms with van der Waals surface area (Å²) in [7, 11) is 0. The first-order valence-electron chi connectivity index (χ1n) is 7.26. The first kappa shape index (κ1) is 13.2. The molecule has 0 bridgehead atoms. The van der Waals surface area contributed by atoms with Crippen molar-refractivity contribution in [1.82, 2.24) is 4.90 Å². The van der Waals surface area contributed by atoms with Crippen molar-refractivity contribution < 1.29 is 14.7 Å². The first-order chi connectivity index (χ1) is 9.66. The highest BCUT2D eigenvalue weighted by atomic mass is 16.4. The molecular weight excluding hydrogens is 254 g/mol. The summed E-state index contributed by atoms with van der Waals surface area (Å²) in [4.78, 5) is 25.4. The van der Waals surface area contributed by atoms with Crippen molar-refractivity contribution in [2.75, 3.05) is 13.1 Å². The molecule has 1 heterocycles. The van der Waals surface area contributed by atoms with Crippen molar-refractivity contribution >= 4 is 11.9 Å². The third-order valence-corrected chi connectivity index (χ3v) is 4.52. The number of aryl methyl sites for hydroxylation is 1. The molecule has 1 aliphatic heterocycles. The van der Waals surface area contributed by atoms with Gasteiger partial charge in [-0.1, -0.05) is 24.3 Å². The fraction of sp³-hybridized carbons (Fsp3) is 0.500. The molecule has 1 saturated heterocycles. The summed E-state index contributed by atoms with van der Waals surface area (Å²) in [5, 5.41) is 9.04. The van der Waals surface area contributed by atoms with Crippen LogP contribution in [0.2, 0.25) is 0 Å². The monoisotopic (exact) mass is 273 g/mol. The van der Waals surface area contributed by atoms with Gasteiger partial charge in [-0.05, 0) is 36.8 Å². The average Bonchev–Trinajstić information content (AvgIpc) is 2.96. The Hall–Kier alpha value is -1.84. The number of hydrogen-bond donors (Lipinski definition) is 1. The molecule has 2 atom stereocenters. The molecule has 4 nitrogen and oxygen atoms in total. The molecule has 1 aromatic rings. The number of benzene rings is 1. The second kappa shape index (κ2) is 5.27. The minimum absolute atomic E-state index is 0.0764. The molecule has 1 N–H and O–H groups in total. The third kappa shape index (κ3) is 2.30. The Labute approximate surface area is 118 Å². The number of nitrogens with zero attached hydrogens (tertiary/aromatic N) is 1. The van der Waals surface area contributed by atoms with Gasteiger partial charge in [-0.2, -0.15) is 0 Å². The number of amides is 1. The maximum atomic E-state index is 12.7. The zero-order valence-corrected chi connectivity index (χ0v) is 11.4. The van der Waals surface area contributed by atoms with Crippen molar-refractivity contribution in [1.29, 1.82) is 0 Å². The Balaban J connectivity index is 1.78. The number of carbonyl (C=O) groups is 2. The standard InChI is InChI=1S/C16H19NO3/c18-15(17-9-8-12(10-17)16(19)20)14-7-3-5-11-4-1-2-6-13(11)14/h1-2,4,6,12,14H,3,5,7-10H2,(H,19,20)/t12-,14+/m0/s1. The summed E-state index contributed by atoms with van der Waals surface area (Å²) >= 11 is 0. The first-order valence-corrected chi connectivity index (χ1v) is 7.26. The van der Waals surface area contributed by atoms with E-state index in [1.165, 1.54) is 5.56 Å². The van der Waals surface area contributed by atoms with Crippen LogP contribution in [0.5, 0.6) is 0 Å². The lowest BCUT2D eigenvalue weighted by atomic mass is 9.82. The van der Waals surface area contributed by atoms with E-state index in [4.69, 9.17) is 5.11 Å². The molecule has 4 heteroatoms. The molecule has 2 aliphatic rings. The molecular formula is C16H19NO3. The average molecular weight is 273 g/mol. The van der Waals surface area contributed by atoms with Crippen LogP contribution in [0.15, 0.2) is 24.3 Å². The zero-order chi connectivity index (χ0) is 14.1. The minimum atomic E-state index is -0.788. The SMILES string of the molecule is O=C(O)[C@H]1CCN(C(=O)[C@@H]2CCCc3ccccc32)C1. The lowest BCUT2D eigenvalue weighted by Gasteiger charge is -2.28. The number of rotatable bonds is 2. The fourth-order valence-corrected chi connectivity index (χ4v) is 3.39. The Morgan fingerprint density at radius 2 is 2.00 bits per heavy atom. The number of carboxylic acid groups (broad SMARTS) is 1. The largest absolute Gasteiger partial charge is 0.481 e. The van der Waals surface area contributed by atoms with Crippen molar-refractivity contribution in [3.8, 4) is 0 Å². The molecule has 1 aromatic carbocycles. The number of hydrogen-bond acceptors (Lipinski definition) is 2. The van der Waals surface area contributed by atoms with Crippen molar-refractivity contribution in [2.45, 2.75) is 31.6 Å². The van der Waals surface area contributed by atoms with E-state index < -0.39 is 11.9 Å². The zero-order valence-electron chi connectivity index (χ0n) is 11.4. The van der Waals surface area contributed by atoms with E-state index in [0.717, 1.165) is 24.8 Å². The van der Waals surface area contributed by atoms with Gasteiger partial charge in [0.2, 0.25) is 5.91 Å². The van der Waals surface area contributed by atoms with Crippen LogP contribution < -0.4 is 0 Å². The van der Waals surface area contributed by atoms with Crippen molar-refractivity contribution in [3.63, 3.8) is 0 Å². The van der Waals surface area contributed by atoms with Gasteiger partial charge in [-0.3, -0.25) is 9.59 Å². The molecule has 1 aliphatic carbocycles. The number of carbonyl (C=O) groups excluding carboxylic acids is 1. The lowest BCUT2D eigenvalue weighted by molar-refractivity contribution is -0.141. The second-order valence-electron chi connectivity index (χ2n) is 5.75. The van der Waals surface area contributed by atoms with Gasteiger partial charge in [-0.25, -0.2) is 0 Å². The molecule has 0 aromatic heterocycles. The highest BCUT2D eigenvalue weighted by molar-refractivity contribution is 5.85. The fourth-order valence-electron chi connectivity index (χ4n) is 3.39. The Morgan fingerprint density at radius 1 is 1.20 bits per heavy atom. The quantitative estimate of drug-likeness (QED) is 0.897. The van der Waals surface area contributed by atoms with E-state index in [-0.39, 0.29) is 11.8 Å². The van der Waals surface area contributed by atoms with Gasteiger partial charge >= 0.3 is 5.97 Å². The maximum Gasteiger partial charge on any atom is 0.308 e. The number of carboxylic acids is 1. The summed E-state index contributed by atoms with van der Waals surface area (Å²) in [5.74, 6) is -1.14. The molecule has 0 radical (unpaired) electrons. The molecule has 1 amide bonds. The summed E-state index contributed by atoms with van der Waals surface area (Å²) in [6.07, 6.45) is 3.53. The van der Waals surface area contributed by atoms with Gasteiger partial charge in [-0.15, -0.1) is 0 Å². The topological polar surface area (TPSA) is 57.6 Å². The predicted octanol–water partition coefficient (Wildman–Crippen LogP) is 2.04. The molecule has 3 rings (SSSR count). The number of aliphatic carboxylic acids is 1. The summed E-state index contributed by atoms with van der Waals surface area (Å²) in [6, 6.07) is 8.14. The van der Waals surface area contributed by atoms with Gasteiger partial charge in [0.15, 0.2) is 0 Å². The van der Waals surface area contributed by atoms with Crippen molar-refractivity contribution in [3.05, 3.63) is 35.4 Å². The number of likely N-dealkylation sites (tertiary alicyclic amines) is 1. The second-order valence-corrected chi connectivity index (χ2v) is 5.75. The lowest BCUT2D eigenvalue weighted by Crippen LogP contribution is -2.35. The van der Waals surface area contributed by atoms with Gasteiger partial charge in [0, 0.05) is 13.1 Å². The van der Waals surface area contributed by atoms with Crippen LogP contribution in [0.4, 0.5) is 0 Å². The normalized spacial score (nSPS) is 25.3. The predicted molar refractivity (Wildman–Crippen MR) is 74.4 cm³/mol. The summed E-state index contributed by atoms with van der Waals surface area (Å²) in [5.41, 5.74) is 2.41. The van der Waals surface area contributed by atoms with E-state index in [2.05, 4.69) is 6.07 Å². The number of fused-ring (bicyclic) bond motifs is 1. The Kier molecular flexibility index (Phi) is 3.47. The van der Waals surface area contributed by atoms with E-state index in [1.54, 1.807) is 4.90 Å². The molecule has 0 unspecified atom stereocenters. The molecule has 106 valence electrons. The van der Waals surface area contributed by atoms with E-state index in [1.807, 2.05) is 18.2 Å². The third-order valence-electron chi connectivity index (χ3n) is 4.52. The van der Waals surface area contributed by atoms with Crippen LogP contribution in [-0.2, 0) is 16.0 Å². The maximum absolute atomic E-state index is 12.7. The van der Waals surface area contributed by atoms with Crippen LogP contribution in [0.25, 0.3) is 0 Å². The molecule has 0 saturated carbocycles. The van der Waals surface area contributed by atoms with Crippen LogP contribution in [0, 0.1) is 5.92 Å². The summed E-state index contributed by atoms with van der Waals surface area (Å²) in [6.45, 7) is 0.946. The minimum Gasteiger partial charge on any atom is -0.481 e. The van der Waals surface area contributed by atoms with Gasteiger partial charge in [0.25, 0.3) is 0 Å². The summed E-state index contributed by atoms with van der Waals surface area (Å²) < 4.78 is 0. The van der Waals surface area contributed by atoms with Gasteiger partial charge < -0.3 is 10.0 Å². The van der Waals surface area contributed by atoms with Crippen LogP contribution in [0.1, 0.15) is 36.3 Å². The Bertz CT molecular complexity index is 540. The van der Waals surface area contributed by atoms with E-state index in [0.29, 0.717) is 19.5 Å². The van der Waals surface area contributed by atoms with E-state index >= 15 is 0 Å². The highest BCUT2D eigenvalue weighted by Gasteiger charge is 2.35. The van der Waals surface area contributed by atoms with Crippen molar-refractivity contribution in [2.24, 2.45) is 5.92 Å². The van der Waals surface area contributed by atoms with Crippen LogP contribution in [-0.4, -0.2) is 35.0 Å². The molecule has 0 spiro atoms. The highest BCUT2D eigenvalue weighted by Crippen LogP contribution is 2.34. The smallest absolute Gasteiger partial charge is 0.308 e. The van der Waals surface area contributed by atoms with Crippen LogP contribution >= 0.6 is 0 Å². The van der Waals surface area contributed by atoms with E-state index in [9.17, 15) is 9.59 Å². The molecule has 20 heavy (non-hydrogen) atoms. The van der Waals surface area contributed by atoms with Gasteiger partial charge in [0.05, 0.1) is 11.8 Å². The van der Waals surface area contributed by atoms with Gasteiger partial charge in [0.1, 0.15) is 0 Å².